The van der Waals surface area contributed by atoms with Crippen LogP contribution < -0.4 is 10.5 Å². The third-order valence-corrected chi connectivity index (χ3v) is 7.04. The summed E-state index contributed by atoms with van der Waals surface area (Å²) in [6, 6.07) is 4.78. The summed E-state index contributed by atoms with van der Waals surface area (Å²) in [5.74, 6) is 2.29. The highest BCUT2D eigenvalue weighted by Crippen LogP contribution is 2.32. The Morgan fingerprint density at radius 3 is 2.91 bits per heavy atom. The molecule has 1 fully saturated rings. The van der Waals surface area contributed by atoms with Crippen molar-refractivity contribution >= 4 is 17.8 Å². The van der Waals surface area contributed by atoms with Crippen molar-refractivity contribution in [3.8, 4) is 22.9 Å². The van der Waals surface area contributed by atoms with Crippen LogP contribution in [0.25, 0.3) is 11.3 Å². The van der Waals surface area contributed by atoms with Crippen LogP contribution in [0.15, 0.2) is 30.7 Å². The molecule has 32 heavy (non-hydrogen) atoms. The quantitative estimate of drug-likeness (QED) is 0.570. The molecular formula is C23H29N7OS. The minimum atomic E-state index is 0.269. The molecule has 0 atom stereocenters. The second-order valence-electron chi connectivity index (χ2n) is 8.54. The van der Waals surface area contributed by atoms with Gasteiger partial charge in [-0.15, -0.1) is 0 Å². The Bertz CT molecular complexity index is 1130. The number of nitrogens with zero attached hydrogens (tertiary/aromatic N) is 6. The summed E-state index contributed by atoms with van der Waals surface area (Å²) in [7, 11) is 2.16. The van der Waals surface area contributed by atoms with Crippen molar-refractivity contribution < 1.29 is 4.74 Å². The fourth-order valence-electron chi connectivity index (χ4n) is 4.36. The first-order valence-electron chi connectivity index (χ1n) is 11.0. The smallest absolute Gasteiger partial charge is 0.263 e. The Morgan fingerprint density at radius 1 is 1.25 bits per heavy atom. The number of benzene rings is 1. The molecule has 0 saturated carbocycles. The lowest BCUT2D eigenvalue weighted by atomic mass is 9.92. The fourth-order valence-corrected chi connectivity index (χ4v) is 5.28. The fraction of sp³-hybridized carbons (Fsp3) is 0.435. The van der Waals surface area contributed by atoms with Crippen LogP contribution in [0, 0.1) is 6.92 Å². The highest BCUT2D eigenvalue weighted by Gasteiger charge is 2.29. The van der Waals surface area contributed by atoms with Gasteiger partial charge in [0, 0.05) is 37.5 Å². The summed E-state index contributed by atoms with van der Waals surface area (Å²) in [6.07, 6.45) is 6.42. The molecule has 2 aromatic heterocycles. The highest BCUT2D eigenvalue weighted by molar-refractivity contribution is 7.97. The van der Waals surface area contributed by atoms with E-state index in [0.717, 1.165) is 49.6 Å². The zero-order valence-corrected chi connectivity index (χ0v) is 19.6. The van der Waals surface area contributed by atoms with E-state index in [2.05, 4.69) is 52.3 Å². The first-order valence-corrected chi connectivity index (χ1v) is 12.0. The van der Waals surface area contributed by atoms with Gasteiger partial charge in [-0.1, -0.05) is 18.9 Å². The van der Waals surface area contributed by atoms with Gasteiger partial charge in [-0.3, -0.25) is 4.68 Å². The van der Waals surface area contributed by atoms with Crippen LogP contribution in [0.5, 0.6) is 11.6 Å². The van der Waals surface area contributed by atoms with Crippen molar-refractivity contribution in [3.63, 3.8) is 0 Å². The summed E-state index contributed by atoms with van der Waals surface area (Å²) >= 11 is 1.86. The van der Waals surface area contributed by atoms with Gasteiger partial charge in [0.15, 0.2) is 11.6 Å². The molecular weight excluding hydrogens is 422 g/mol. The molecule has 2 aliphatic rings. The molecule has 1 aromatic carbocycles. The summed E-state index contributed by atoms with van der Waals surface area (Å²) < 4.78 is 10.3. The van der Waals surface area contributed by atoms with Gasteiger partial charge in [0.25, 0.3) is 5.88 Å². The molecule has 3 aromatic rings. The topological polar surface area (TPSA) is 85.3 Å². The molecule has 168 valence electrons. The number of anilines is 1. The number of nitrogen functional groups attached to an aromatic ring is 1. The summed E-state index contributed by atoms with van der Waals surface area (Å²) in [6.45, 7) is 8.36. The monoisotopic (exact) mass is 451 g/mol. The third kappa shape index (κ3) is 4.20. The van der Waals surface area contributed by atoms with Gasteiger partial charge in [-0.2, -0.15) is 5.10 Å². The molecule has 0 bridgehead atoms. The maximum atomic E-state index is 6.09. The number of ether oxygens (including phenoxy) is 1. The molecule has 0 aliphatic carbocycles. The Hall–Kier alpha value is -2.62. The molecule has 8 nitrogen and oxygen atoms in total. The van der Waals surface area contributed by atoms with E-state index in [1.54, 1.807) is 12.4 Å². The molecule has 4 heterocycles. The molecule has 5 rings (SSSR count). The number of likely N-dealkylation sites (N-methyl/N-ethyl adjacent to an activating group) is 1. The number of hydrogen-bond donors (Lipinski definition) is 1. The molecule has 2 aliphatic heterocycles. The van der Waals surface area contributed by atoms with Crippen molar-refractivity contribution in [3.05, 3.63) is 47.4 Å². The lowest BCUT2D eigenvalue weighted by molar-refractivity contribution is 0.207. The van der Waals surface area contributed by atoms with Gasteiger partial charge < -0.3 is 15.4 Å². The number of hydrogen-bond acceptors (Lipinski definition) is 8. The predicted octanol–water partition coefficient (Wildman–Crippen LogP) is 3.54. The maximum absolute atomic E-state index is 6.09. The van der Waals surface area contributed by atoms with Crippen LogP contribution in [0.2, 0.25) is 0 Å². The molecule has 0 spiro atoms. The number of aryl methyl sites for hydroxylation is 1. The van der Waals surface area contributed by atoms with Crippen LogP contribution in [0.4, 0.5) is 5.82 Å². The minimum absolute atomic E-state index is 0.269. The lowest BCUT2D eigenvalue weighted by Crippen LogP contribution is -2.43. The standard InChI is InChI=1S/C23H29N7OS/c1-4-32-29-12-18(13-29)30-14-19(9-26-30)31-23-22(24)25-10-21(27-23)16-7-15(2)20-5-6-28(3)11-17(20)8-16/h7-10,14,18H,4-6,11-13H2,1-3H3,(H2,24,25). The Balaban J connectivity index is 1.35. The maximum Gasteiger partial charge on any atom is 0.263 e. The van der Waals surface area contributed by atoms with Gasteiger partial charge >= 0.3 is 0 Å². The van der Waals surface area contributed by atoms with Gasteiger partial charge in [0.2, 0.25) is 0 Å². The van der Waals surface area contributed by atoms with Crippen LogP contribution in [-0.4, -0.2) is 61.4 Å². The average molecular weight is 452 g/mol. The van der Waals surface area contributed by atoms with E-state index in [9.17, 15) is 0 Å². The van der Waals surface area contributed by atoms with E-state index in [0.29, 0.717) is 17.7 Å². The van der Waals surface area contributed by atoms with Crippen LogP contribution >= 0.6 is 11.9 Å². The van der Waals surface area contributed by atoms with Crippen molar-refractivity contribution in [2.45, 2.75) is 32.9 Å². The van der Waals surface area contributed by atoms with Gasteiger partial charge in [0.1, 0.15) is 0 Å². The Labute approximate surface area is 192 Å². The molecule has 2 N–H and O–H groups in total. The molecule has 0 radical (unpaired) electrons. The second-order valence-corrected chi connectivity index (χ2v) is 9.89. The van der Waals surface area contributed by atoms with Crippen molar-refractivity contribution in [1.82, 2.24) is 29.0 Å². The van der Waals surface area contributed by atoms with E-state index in [-0.39, 0.29) is 5.82 Å². The molecule has 0 unspecified atom stereocenters. The predicted molar refractivity (Wildman–Crippen MR) is 128 cm³/mol. The number of rotatable bonds is 6. The Kier molecular flexibility index (Phi) is 5.79. The number of nitrogens with two attached hydrogens (primary N) is 1. The summed E-state index contributed by atoms with van der Waals surface area (Å²) in [4.78, 5) is 11.4. The van der Waals surface area contributed by atoms with Crippen molar-refractivity contribution in [2.75, 3.05) is 38.2 Å². The summed E-state index contributed by atoms with van der Waals surface area (Å²) in [5, 5.41) is 4.47. The molecule has 9 heteroatoms. The van der Waals surface area contributed by atoms with Crippen LogP contribution in [0.3, 0.4) is 0 Å². The SMILES string of the molecule is CCSN1CC(n2cc(Oc3nc(-c4cc(C)c5c(c4)CN(C)CC5)cnc3N)cn2)C1. The van der Waals surface area contributed by atoms with Gasteiger partial charge in [0.05, 0.1) is 30.3 Å². The number of fused-ring (bicyclic) bond motifs is 1. The third-order valence-electron chi connectivity index (χ3n) is 6.12. The van der Waals surface area contributed by atoms with Crippen LogP contribution in [0.1, 0.15) is 29.7 Å². The highest BCUT2D eigenvalue weighted by atomic mass is 32.2. The van der Waals surface area contributed by atoms with Gasteiger partial charge in [-0.25, -0.2) is 14.3 Å². The van der Waals surface area contributed by atoms with Gasteiger partial charge in [-0.05, 0) is 49.2 Å². The summed E-state index contributed by atoms with van der Waals surface area (Å²) in [5.41, 5.74) is 12.0. The molecule has 0 amide bonds. The second kappa shape index (κ2) is 8.73. The first kappa shape index (κ1) is 21.2. The van der Waals surface area contributed by atoms with E-state index in [4.69, 9.17) is 15.5 Å². The average Bonchev–Trinajstić information content (AvgIpc) is 3.19. The van der Waals surface area contributed by atoms with Crippen LogP contribution in [-0.2, 0) is 13.0 Å². The lowest BCUT2D eigenvalue weighted by Gasteiger charge is -2.37. The first-order chi connectivity index (χ1) is 15.5. The Morgan fingerprint density at radius 2 is 2.09 bits per heavy atom. The normalized spacial score (nSPS) is 17.2. The molecule has 1 saturated heterocycles. The zero-order valence-electron chi connectivity index (χ0n) is 18.8. The van der Waals surface area contributed by atoms with Crippen molar-refractivity contribution in [1.29, 1.82) is 0 Å². The van der Waals surface area contributed by atoms with Crippen molar-refractivity contribution in [2.24, 2.45) is 0 Å². The largest absolute Gasteiger partial charge is 0.433 e. The van der Waals surface area contributed by atoms with E-state index in [1.807, 2.05) is 22.8 Å². The number of aromatic nitrogens is 4. The minimum Gasteiger partial charge on any atom is -0.433 e. The van der Waals surface area contributed by atoms with E-state index >= 15 is 0 Å². The van der Waals surface area contributed by atoms with E-state index in [1.165, 1.54) is 16.7 Å². The zero-order chi connectivity index (χ0) is 22.2. The van der Waals surface area contributed by atoms with E-state index < -0.39 is 0 Å².